The number of nitro benzene ring substituents is 1. The summed E-state index contributed by atoms with van der Waals surface area (Å²) in [6.45, 7) is 0. The van der Waals surface area contributed by atoms with Crippen molar-refractivity contribution in [3.63, 3.8) is 0 Å². The molecule has 11 heteroatoms. The highest BCUT2D eigenvalue weighted by molar-refractivity contribution is 6.34. The molecule has 0 radical (unpaired) electrons. The van der Waals surface area contributed by atoms with Gasteiger partial charge in [-0.2, -0.15) is 9.61 Å². The molecule has 1 N–H and O–H groups in total. The number of rotatable bonds is 5. The van der Waals surface area contributed by atoms with E-state index in [0.717, 1.165) is 6.07 Å². The van der Waals surface area contributed by atoms with Gasteiger partial charge in [0.1, 0.15) is 5.17 Å². The van der Waals surface area contributed by atoms with Crippen LogP contribution in [0.3, 0.4) is 0 Å². The Morgan fingerprint density at radius 2 is 2.35 bits per heavy atom. The quantitative estimate of drug-likeness (QED) is 0.354. The van der Waals surface area contributed by atoms with Crippen molar-refractivity contribution in [1.29, 1.82) is 5.39 Å². The second-order valence-electron chi connectivity index (χ2n) is 2.64. The van der Waals surface area contributed by atoms with Crippen molar-refractivity contribution in [2.75, 3.05) is 5.17 Å². The summed E-state index contributed by atoms with van der Waals surface area (Å²) in [5.74, 6) is 0. The van der Waals surface area contributed by atoms with Gasteiger partial charge < -0.3 is 5.02 Å². The predicted molar refractivity (Wildman–Crippen MR) is 51.9 cm³/mol. The molecular weight excluding hydrogens is 238 g/mol. The van der Waals surface area contributed by atoms with Gasteiger partial charge in [-0.05, 0) is 6.07 Å². The van der Waals surface area contributed by atoms with E-state index in [9.17, 15) is 14.6 Å². The SMILES string of the molecule is N#[N+]N(OB(O)OF)c1cccc([N+](=O)[O-])c1. The van der Waals surface area contributed by atoms with E-state index in [-0.39, 0.29) is 16.5 Å². The zero-order chi connectivity index (χ0) is 12.8. The highest BCUT2D eigenvalue weighted by atomic mass is 19.3. The largest absolute Gasteiger partial charge is 0.697 e. The highest BCUT2D eigenvalue weighted by Gasteiger charge is 2.30. The molecule has 0 heterocycles. The fourth-order valence-electron chi connectivity index (χ4n) is 0.961. The topological polar surface area (TPSA) is 113 Å². The lowest BCUT2D eigenvalue weighted by molar-refractivity contribution is -0.384. The third-order valence-electron chi connectivity index (χ3n) is 1.61. The number of anilines is 1. The van der Waals surface area contributed by atoms with Crippen LogP contribution in [0.2, 0.25) is 0 Å². The molecule has 0 saturated heterocycles. The van der Waals surface area contributed by atoms with Gasteiger partial charge in [0.05, 0.1) is 4.92 Å². The zero-order valence-electron chi connectivity index (χ0n) is 8.13. The van der Waals surface area contributed by atoms with Gasteiger partial charge >= 0.3 is 12.4 Å². The van der Waals surface area contributed by atoms with Crippen molar-refractivity contribution >= 4 is 18.7 Å². The molecule has 0 unspecified atom stereocenters. The number of halogens is 1. The van der Waals surface area contributed by atoms with Gasteiger partial charge in [-0.15, -0.1) is 0 Å². The Kier molecular flexibility index (Phi) is 4.29. The molecule has 1 aromatic rings. The third kappa shape index (κ3) is 3.35. The van der Waals surface area contributed by atoms with Crippen LogP contribution in [0.1, 0.15) is 0 Å². The number of nitrogens with zero attached hydrogens (tertiary/aromatic N) is 4. The first-order valence-electron chi connectivity index (χ1n) is 4.10. The molecule has 9 nitrogen and oxygen atoms in total. The van der Waals surface area contributed by atoms with Crippen LogP contribution in [0.4, 0.5) is 15.9 Å². The van der Waals surface area contributed by atoms with Crippen LogP contribution in [-0.4, -0.2) is 17.3 Å². The zero-order valence-corrected chi connectivity index (χ0v) is 8.13. The molecule has 0 aliphatic rings. The maximum atomic E-state index is 11.5. The van der Waals surface area contributed by atoms with Crippen molar-refractivity contribution < 1.29 is 24.1 Å². The van der Waals surface area contributed by atoms with Crippen molar-refractivity contribution in [2.24, 2.45) is 0 Å². The summed E-state index contributed by atoms with van der Waals surface area (Å²) in [5.41, 5.74) is -0.423. The van der Waals surface area contributed by atoms with Gasteiger partial charge in [-0.3, -0.25) is 10.1 Å². The maximum Gasteiger partial charge on any atom is 0.697 e. The van der Waals surface area contributed by atoms with E-state index < -0.39 is 12.2 Å². The molecule has 0 atom stereocenters. The average molecular weight is 243 g/mol. The monoisotopic (exact) mass is 243 g/mol. The van der Waals surface area contributed by atoms with Gasteiger partial charge in [-0.25, -0.2) is 0 Å². The molecule has 0 saturated carbocycles. The van der Waals surface area contributed by atoms with Crippen LogP contribution in [0.15, 0.2) is 24.3 Å². The van der Waals surface area contributed by atoms with Crippen molar-refractivity contribution in [1.82, 2.24) is 0 Å². The van der Waals surface area contributed by atoms with Gasteiger partial charge in [0, 0.05) is 12.1 Å². The molecule has 0 spiro atoms. The average Bonchev–Trinajstić information content (AvgIpc) is 2.35. The molecule has 0 aromatic heterocycles. The summed E-state index contributed by atoms with van der Waals surface area (Å²) in [5, 5.41) is 30.4. The van der Waals surface area contributed by atoms with E-state index in [1.807, 2.05) is 0 Å². The number of benzene rings is 1. The Morgan fingerprint density at radius 1 is 1.65 bits per heavy atom. The van der Waals surface area contributed by atoms with E-state index in [0.29, 0.717) is 0 Å². The lowest BCUT2D eigenvalue weighted by Gasteiger charge is -2.03. The summed E-state index contributed by atoms with van der Waals surface area (Å²) in [7, 11) is -2.33. The van der Waals surface area contributed by atoms with E-state index >= 15 is 0 Å². The minimum atomic E-state index is -2.33. The summed E-state index contributed by atoms with van der Waals surface area (Å²) in [6.07, 6.45) is 0. The first-order chi connectivity index (χ1) is 8.08. The van der Waals surface area contributed by atoms with E-state index in [1.54, 1.807) is 0 Å². The Bertz CT molecular complexity index is 454. The minimum absolute atomic E-state index is 0.113. The molecule has 0 aliphatic heterocycles. The van der Waals surface area contributed by atoms with Gasteiger partial charge in [0.15, 0.2) is 5.69 Å². The molecule has 1 aromatic carbocycles. The summed E-state index contributed by atoms with van der Waals surface area (Å²) in [4.78, 5) is 12.6. The van der Waals surface area contributed by atoms with E-state index in [1.165, 1.54) is 18.2 Å². The lowest BCUT2D eigenvalue weighted by atomic mass is 10.2. The van der Waals surface area contributed by atoms with Crippen molar-refractivity contribution in [2.45, 2.75) is 0 Å². The van der Waals surface area contributed by atoms with Crippen LogP contribution in [0, 0.1) is 15.5 Å². The molecule has 0 amide bonds. The van der Waals surface area contributed by atoms with Crippen molar-refractivity contribution in [3.8, 4) is 0 Å². The Labute approximate surface area is 93.7 Å². The van der Waals surface area contributed by atoms with E-state index in [2.05, 4.69) is 14.7 Å². The first-order valence-corrected chi connectivity index (χ1v) is 4.10. The molecule has 0 bridgehead atoms. The third-order valence-corrected chi connectivity index (χ3v) is 1.61. The van der Waals surface area contributed by atoms with Gasteiger partial charge in [-0.1, -0.05) is 10.6 Å². The van der Waals surface area contributed by atoms with Crippen LogP contribution in [0.5, 0.6) is 0 Å². The molecular formula is C6H5BFN4O5+. The summed E-state index contributed by atoms with van der Waals surface area (Å²) >= 11 is 0. The number of diazo groups is 1. The number of non-ortho nitro benzene ring substituents is 1. The first kappa shape index (κ1) is 12.8. The standard InChI is InChI=1S/C6H5BFN4O5/c8-16-7(13)17-11(10-9)5-2-1-3-6(4-5)12(14)15/h1-4,13H/q+1. The Balaban J connectivity index is 2.93. The fraction of sp³-hybridized carbons (Fsp3) is 0. The minimum Gasteiger partial charge on any atom is -0.399 e. The molecule has 88 valence electrons. The lowest BCUT2D eigenvalue weighted by Crippen LogP contribution is -2.28. The Morgan fingerprint density at radius 3 is 2.88 bits per heavy atom. The summed E-state index contributed by atoms with van der Waals surface area (Å²) in [6, 6.07) is 4.70. The molecule has 17 heavy (non-hydrogen) atoms. The van der Waals surface area contributed by atoms with Crippen molar-refractivity contribution in [3.05, 3.63) is 39.5 Å². The Hall–Kier alpha value is -2.29. The van der Waals surface area contributed by atoms with Gasteiger partial charge in [0.25, 0.3) is 11.1 Å². The number of nitro groups is 1. The fourth-order valence-corrected chi connectivity index (χ4v) is 0.961. The normalized spacial score (nSPS) is 9.47. The second-order valence-corrected chi connectivity index (χ2v) is 2.64. The molecule has 1 rings (SSSR count). The van der Waals surface area contributed by atoms with Crippen LogP contribution >= 0.6 is 0 Å². The van der Waals surface area contributed by atoms with Crippen LogP contribution in [-0.2, 0) is 9.61 Å². The highest BCUT2D eigenvalue weighted by Crippen LogP contribution is 2.21. The maximum absolute atomic E-state index is 11.5. The number of hydrogen-bond acceptors (Lipinski definition) is 7. The molecule has 0 aliphatic carbocycles. The van der Waals surface area contributed by atoms with E-state index in [4.69, 9.17) is 10.4 Å². The smallest absolute Gasteiger partial charge is 0.399 e. The summed E-state index contributed by atoms with van der Waals surface area (Å²) < 4.78 is 15.7. The predicted octanol–water partition coefficient (Wildman–Crippen LogP) is 0.979. The van der Waals surface area contributed by atoms with Gasteiger partial charge in [0.2, 0.25) is 0 Å². The second kappa shape index (κ2) is 5.70. The molecule has 0 fully saturated rings. The number of hydrogen-bond donors (Lipinski definition) is 1. The van der Waals surface area contributed by atoms with Crippen LogP contribution in [0.25, 0.3) is 5.08 Å². The van der Waals surface area contributed by atoms with Crippen LogP contribution < -0.4 is 5.17 Å².